The van der Waals surface area contributed by atoms with Gasteiger partial charge >= 0.3 is 6.03 Å². The summed E-state index contributed by atoms with van der Waals surface area (Å²) in [6.07, 6.45) is 6.59. The maximum Gasteiger partial charge on any atom is 0.319 e. The first kappa shape index (κ1) is 14.3. The molecule has 6 nitrogen and oxygen atoms in total. The molecule has 0 atom stereocenters. The second-order valence-corrected chi connectivity index (χ2v) is 5.15. The van der Waals surface area contributed by atoms with Gasteiger partial charge in [0.05, 0.1) is 5.69 Å². The Morgan fingerprint density at radius 2 is 1.55 bits per heavy atom. The summed E-state index contributed by atoms with van der Waals surface area (Å²) in [5.74, 6) is -1.55. The van der Waals surface area contributed by atoms with Gasteiger partial charge in [-0.05, 0) is 12.8 Å². The summed E-state index contributed by atoms with van der Waals surface area (Å²) in [5, 5.41) is 33.4. The zero-order chi connectivity index (χ0) is 14.5. The zero-order valence-electron chi connectivity index (χ0n) is 11.2. The number of hydrogen-bond acceptors (Lipinski definition) is 4. The Morgan fingerprint density at radius 3 is 2.10 bits per heavy atom. The van der Waals surface area contributed by atoms with Crippen molar-refractivity contribution in [3.05, 3.63) is 12.1 Å². The molecular formula is C14H20N2O4. The number of carbonyl (C=O) groups is 1. The molecule has 1 fully saturated rings. The number of aromatic hydroxyl groups is 3. The van der Waals surface area contributed by atoms with E-state index in [-0.39, 0.29) is 17.8 Å². The maximum atomic E-state index is 11.9. The third-order valence-corrected chi connectivity index (χ3v) is 3.52. The van der Waals surface area contributed by atoms with E-state index in [0.717, 1.165) is 25.7 Å². The standard InChI is InChI=1S/C14H20N2O4/c17-11-7-10(8-12(18)13(11)19)16-14(20)15-9-5-3-1-2-4-6-9/h7-9,17-19H,1-6H2,(H2,15,16,20). The molecule has 1 aromatic carbocycles. The fraction of sp³-hybridized carbons (Fsp3) is 0.500. The lowest BCUT2D eigenvalue weighted by atomic mass is 10.1. The number of anilines is 1. The Morgan fingerprint density at radius 1 is 1.00 bits per heavy atom. The van der Waals surface area contributed by atoms with Crippen LogP contribution >= 0.6 is 0 Å². The minimum absolute atomic E-state index is 0.164. The van der Waals surface area contributed by atoms with Crippen LogP contribution in [0.3, 0.4) is 0 Å². The number of hydrogen-bond donors (Lipinski definition) is 5. The molecule has 2 amide bonds. The van der Waals surface area contributed by atoms with Gasteiger partial charge in [-0.2, -0.15) is 0 Å². The SMILES string of the molecule is O=C(Nc1cc(O)c(O)c(O)c1)NC1CCCCCC1. The lowest BCUT2D eigenvalue weighted by Gasteiger charge is -2.17. The molecule has 0 aromatic heterocycles. The molecule has 0 spiro atoms. The van der Waals surface area contributed by atoms with Crippen molar-refractivity contribution in [3.8, 4) is 17.2 Å². The van der Waals surface area contributed by atoms with Crippen molar-refractivity contribution in [1.82, 2.24) is 5.32 Å². The van der Waals surface area contributed by atoms with Crippen LogP contribution in [0.15, 0.2) is 12.1 Å². The Balaban J connectivity index is 1.94. The van der Waals surface area contributed by atoms with Crippen molar-refractivity contribution in [2.45, 2.75) is 44.6 Å². The van der Waals surface area contributed by atoms with Gasteiger partial charge < -0.3 is 26.0 Å². The monoisotopic (exact) mass is 280 g/mol. The quantitative estimate of drug-likeness (QED) is 0.326. The van der Waals surface area contributed by atoms with Crippen LogP contribution in [0.5, 0.6) is 17.2 Å². The van der Waals surface area contributed by atoms with E-state index in [1.807, 2.05) is 0 Å². The van der Waals surface area contributed by atoms with Crippen molar-refractivity contribution in [2.75, 3.05) is 5.32 Å². The van der Waals surface area contributed by atoms with Gasteiger partial charge in [0.2, 0.25) is 0 Å². The van der Waals surface area contributed by atoms with Gasteiger partial charge in [0.1, 0.15) is 0 Å². The number of phenols is 3. The highest BCUT2D eigenvalue weighted by atomic mass is 16.3. The molecule has 0 aliphatic heterocycles. The largest absolute Gasteiger partial charge is 0.504 e. The average Bonchev–Trinajstić information content (AvgIpc) is 2.64. The molecule has 6 heteroatoms. The van der Waals surface area contributed by atoms with Crippen LogP contribution in [0, 0.1) is 0 Å². The Hall–Kier alpha value is -2.11. The topological polar surface area (TPSA) is 102 Å². The first-order valence-corrected chi connectivity index (χ1v) is 6.88. The molecule has 110 valence electrons. The third kappa shape index (κ3) is 3.69. The third-order valence-electron chi connectivity index (χ3n) is 3.52. The lowest BCUT2D eigenvalue weighted by Crippen LogP contribution is -2.37. The van der Waals surface area contributed by atoms with E-state index in [9.17, 15) is 20.1 Å². The predicted molar refractivity (Wildman–Crippen MR) is 75.1 cm³/mol. The second kappa shape index (κ2) is 6.36. The van der Waals surface area contributed by atoms with E-state index in [2.05, 4.69) is 10.6 Å². The van der Waals surface area contributed by atoms with Crippen LogP contribution in [0.2, 0.25) is 0 Å². The van der Waals surface area contributed by atoms with Crippen molar-refractivity contribution >= 4 is 11.7 Å². The maximum absolute atomic E-state index is 11.9. The lowest BCUT2D eigenvalue weighted by molar-refractivity contribution is 0.247. The minimum Gasteiger partial charge on any atom is -0.504 e. The Kier molecular flexibility index (Phi) is 4.55. The number of benzene rings is 1. The van der Waals surface area contributed by atoms with Gasteiger partial charge in [-0.25, -0.2) is 4.79 Å². The van der Waals surface area contributed by atoms with Gasteiger partial charge in [-0.3, -0.25) is 0 Å². The summed E-state index contributed by atoms with van der Waals surface area (Å²) in [6.45, 7) is 0. The summed E-state index contributed by atoms with van der Waals surface area (Å²) in [5.41, 5.74) is 0.226. The molecule has 1 aliphatic rings. The van der Waals surface area contributed by atoms with Gasteiger partial charge in [0.25, 0.3) is 0 Å². The van der Waals surface area contributed by atoms with E-state index < -0.39 is 17.2 Å². The van der Waals surface area contributed by atoms with Gasteiger partial charge in [-0.1, -0.05) is 25.7 Å². The van der Waals surface area contributed by atoms with E-state index in [1.165, 1.54) is 25.0 Å². The highest BCUT2D eigenvalue weighted by Crippen LogP contribution is 2.37. The molecule has 0 heterocycles. The average molecular weight is 280 g/mol. The number of carbonyl (C=O) groups excluding carboxylic acids is 1. The summed E-state index contributed by atoms with van der Waals surface area (Å²) < 4.78 is 0. The molecule has 5 N–H and O–H groups in total. The number of urea groups is 1. The Labute approximate surface area is 117 Å². The number of amides is 2. The molecule has 20 heavy (non-hydrogen) atoms. The molecule has 0 radical (unpaired) electrons. The second-order valence-electron chi connectivity index (χ2n) is 5.15. The molecule has 1 aliphatic carbocycles. The van der Waals surface area contributed by atoms with Crippen LogP contribution in [0.1, 0.15) is 38.5 Å². The molecule has 1 aromatic rings. The molecule has 2 rings (SSSR count). The molecule has 0 saturated heterocycles. The first-order chi connectivity index (χ1) is 9.56. The Bertz CT molecular complexity index is 459. The van der Waals surface area contributed by atoms with Gasteiger partial charge in [0.15, 0.2) is 17.2 Å². The normalized spacial score (nSPS) is 16.4. The summed E-state index contributed by atoms with van der Waals surface area (Å²) >= 11 is 0. The van der Waals surface area contributed by atoms with E-state index in [4.69, 9.17) is 0 Å². The van der Waals surface area contributed by atoms with Crippen LogP contribution < -0.4 is 10.6 Å². The highest BCUT2D eigenvalue weighted by Gasteiger charge is 2.15. The fourth-order valence-corrected chi connectivity index (χ4v) is 2.45. The van der Waals surface area contributed by atoms with Crippen LogP contribution in [-0.4, -0.2) is 27.4 Å². The van der Waals surface area contributed by atoms with Crippen molar-refractivity contribution in [3.63, 3.8) is 0 Å². The number of phenolic OH excluding ortho intramolecular Hbond substituents is 3. The summed E-state index contributed by atoms with van der Waals surface area (Å²) in [7, 11) is 0. The van der Waals surface area contributed by atoms with Gasteiger partial charge in [-0.15, -0.1) is 0 Å². The van der Waals surface area contributed by atoms with Gasteiger partial charge in [0, 0.05) is 18.2 Å². The summed E-state index contributed by atoms with van der Waals surface area (Å²) in [6, 6.07) is 2.15. The highest BCUT2D eigenvalue weighted by molar-refractivity contribution is 5.90. The smallest absolute Gasteiger partial charge is 0.319 e. The number of rotatable bonds is 2. The first-order valence-electron chi connectivity index (χ1n) is 6.88. The van der Waals surface area contributed by atoms with E-state index in [1.54, 1.807) is 0 Å². The molecule has 0 unspecified atom stereocenters. The van der Waals surface area contributed by atoms with Crippen LogP contribution in [0.4, 0.5) is 10.5 Å². The van der Waals surface area contributed by atoms with E-state index >= 15 is 0 Å². The minimum atomic E-state index is -0.597. The molecular weight excluding hydrogens is 260 g/mol. The fourth-order valence-electron chi connectivity index (χ4n) is 2.45. The van der Waals surface area contributed by atoms with E-state index in [0.29, 0.717) is 0 Å². The van der Waals surface area contributed by atoms with Crippen LogP contribution in [-0.2, 0) is 0 Å². The molecule has 0 bridgehead atoms. The number of nitrogens with one attached hydrogen (secondary N) is 2. The van der Waals surface area contributed by atoms with Crippen LogP contribution in [0.25, 0.3) is 0 Å². The van der Waals surface area contributed by atoms with Crippen molar-refractivity contribution in [2.24, 2.45) is 0 Å². The molecule has 1 saturated carbocycles. The van der Waals surface area contributed by atoms with Crippen molar-refractivity contribution < 1.29 is 20.1 Å². The predicted octanol–water partition coefficient (Wildman–Crippen LogP) is 2.65. The van der Waals surface area contributed by atoms with Crippen molar-refractivity contribution in [1.29, 1.82) is 0 Å². The zero-order valence-corrected chi connectivity index (χ0v) is 11.2. The summed E-state index contributed by atoms with van der Waals surface area (Å²) in [4.78, 5) is 11.9.